The number of aromatic amines is 1. The van der Waals surface area contributed by atoms with Crippen molar-refractivity contribution in [2.24, 2.45) is 0 Å². The van der Waals surface area contributed by atoms with Crippen LogP contribution in [0.1, 0.15) is 16.8 Å². The molecule has 1 aliphatic heterocycles. The lowest BCUT2D eigenvalue weighted by Gasteiger charge is -2.27. The first-order valence-corrected chi connectivity index (χ1v) is 7.91. The van der Waals surface area contributed by atoms with Crippen molar-refractivity contribution in [2.45, 2.75) is 24.7 Å². The van der Waals surface area contributed by atoms with Crippen LogP contribution >= 0.6 is 11.8 Å². The molecule has 0 amide bonds. The number of H-pyrrole nitrogens is 1. The Kier molecular flexibility index (Phi) is 3.89. The molecule has 5 heteroatoms. The minimum Gasteiger partial charge on any atom is -0.301 e. The lowest BCUT2D eigenvalue weighted by molar-refractivity contribution is 0.239. The Morgan fingerprint density at radius 1 is 1.35 bits per heavy atom. The van der Waals surface area contributed by atoms with Gasteiger partial charge in [0.25, 0.3) is 5.56 Å². The fourth-order valence-electron chi connectivity index (χ4n) is 2.54. The number of hydrogen-bond acceptors (Lipinski definition) is 4. The maximum absolute atomic E-state index is 12.0. The minimum absolute atomic E-state index is 0.0266. The van der Waals surface area contributed by atoms with Crippen LogP contribution in [0.15, 0.2) is 40.3 Å². The highest BCUT2D eigenvalue weighted by Gasteiger charge is 2.20. The molecule has 0 atom stereocenters. The number of nitrogens with one attached hydrogen (secondary N) is 1. The molecule has 0 saturated heterocycles. The maximum Gasteiger partial charge on any atom is 0.255 e. The Balaban J connectivity index is 1.81. The molecule has 3 rings (SSSR count). The molecule has 0 saturated carbocycles. The lowest BCUT2D eigenvalue weighted by Crippen LogP contribution is -2.35. The van der Waals surface area contributed by atoms with Crippen LogP contribution in [0.5, 0.6) is 0 Å². The number of hydrogen-bond donors (Lipinski definition) is 1. The second kappa shape index (κ2) is 5.81. The molecule has 2 heterocycles. The van der Waals surface area contributed by atoms with Gasteiger partial charge in [0.15, 0.2) is 5.16 Å². The topological polar surface area (TPSA) is 49.0 Å². The second-order valence-corrected chi connectivity index (χ2v) is 5.74. The van der Waals surface area contributed by atoms with Gasteiger partial charge in [-0.1, -0.05) is 42.1 Å². The molecule has 0 bridgehead atoms. The van der Waals surface area contributed by atoms with Crippen LogP contribution in [0.2, 0.25) is 0 Å². The van der Waals surface area contributed by atoms with Gasteiger partial charge in [0.2, 0.25) is 0 Å². The van der Waals surface area contributed by atoms with Crippen molar-refractivity contribution in [1.82, 2.24) is 14.9 Å². The van der Waals surface area contributed by atoms with Gasteiger partial charge in [0.05, 0.1) is 5.69 Å². The molecule has 0 radical (unpaired) electrons. The molecule has 20 heavy (non-hydrogen) atoms. The Labute approximate surface area is 122 Å². The monoisotopic (exact) mass is 287 g/mol. The van der Waals surface area contributed by atoms with E-state index in [4.69, 9.17) is 0 Å². The summed E-state index contributed by atoms with van der Waals surface area (Å²) in [6, 6.07) is 10.4. The number of aromatic nitrogens is 2. The standard InChI is InChI=1S/C15H17N3OS/c1-20-15-16-13-10-18(8-7-12(13)14(19)17-15)9-11-5-3-2-4-6-11/h2-6H,7-10H2,1H3,(H,16,17,19). The number of nitrogens with zero attached hydrogens (tertiary/aromatic N) is 2. The van der Waals surface area contributed by atoms with Crippen LogP contribution in [-0.4, -0.2) is 27.7 Å². The zero-order valence-corrected chi connectivity index (χ0v) is 12.2. The van der Waals surface area contributed by atoms with E-state index in [-0.39, 0.29) is 5.56 Å². The molecule has 0 unspecified atom stereocenters. The van der Waals surface area contributed by atoms with E-state index in [9.17, 15) is 4.79 Å². The third-order valence-electron chi connectivity index (χ3n) is 3.57. The highest BCUT2D eigenvalue weighted by atomic mass is 32.2. The summed E-state index contributed by atoms with van der Waals surface area (Å²) in [6.45, 7) is 2.57. The molecular weight excluding hydrogens is 270 g/mol. The van der Waals surface area contributed by atoms with Crippen LogP contribution in [-0.2, 0) is 19.5 Å². The lowest BCUT2D eigenvalue weighted by atomic mass is 10.1. The van der Waals surface area contributed by atoms with Gasteiger partial charge in [-0.25, -0.2) is 4.98 Å². The maximum atomic E-state index is 12.0. The molecule has 0 fully saturated rings. The van der Waals surface area contributed by atoms with Gasteiger partial charge in [-0.2, -0.15) is 0 Å². The Hall–Kier alpha value is -1.59. The summed E-state index contributed by atoms with van der Waals surface area (Å²) < 4.78 is 0. The number of benzene rings is 1. The van der Waals surface area contributed by atoms with E-state index in [1.54, 1.807) is 0 Å². The van der Waals surface area contributed by atoms with E-state index < -0.39 is 0 Å². The van der Waals surface area contributed by atoms with Crippen LogP contribution in [0.25, 0.3) is 0 Å². The predicted molar refractivity (Wildman–Crippen MR) is 80.9 cm³/mol. The highest BCUT2D eigenvalue weighted by molar-refractivity contribution is 7.98. The van der Waals surface area contributed by atoms with E-state index >= 15 is 0 Å². The predicted octanol–water partition coefficient (Wildman–Crippen LogP) is 2.05. The van der Waals surface area contributed by atoms with Crippen LogP contribution in [0.3, 0.4) is 0 Å². The first kappa shape index (κ1) is 13.4. The normalized spacial score (nSPS) is 15.1. The molecule has 1 aromatic carbocycles. The highest BCUT2D eigenvalue weighted by Crippen LogP contribution is 2.18. The van der Waals surface area contributed by atoms with Crippen molar-refractivity contribution in [3.8, 4) is 0 Å². The molecule has 4 nitrogen and oxygen atoms in total. The first-order chi connectivity index (χ1) is 9.76. The third-order valence-corrected chi connectivity index (χ3v) is 4.15. The number of fused-ring (bicyclic) bond motifs is 1. The van der Waals surface area contributed by atoms with E-state index in [1.807, 2.05) is 12.3 Å². The van der Waals surface area contributed by atoms with Crippen molar-refractivity contribution in [2.75, 3.05) is 12.8 Å². The van der Waals surface area contributed by atoms with E-state index in [1.165, 1.54) is 17.3 Å². The zero-order valence-electron chi connectivity index (χ0n) is 11.4. The summed E-state index contributed by atoms with van der Waals surface area (Å²) in [5, 5.41) is 0.704. The van der Waals surface area contributed by atoms with Crippen molar-refractivity contribution in [3.05, 3.63) is 57.5 Å². The van der Waals surface area contributed by atoms with Crippen LogP contribution in [0, 0.1) is 0 Å². The molecule has 2 aromatic rings. The molecule has 104 valence electrons. The summed E-state index contributed by atoms with van der Waals surface area (Å²) in [7, 11) is 0. The Morgan fingerprint density at radius 3 is 2.90 bits per heavy atom. The van der Waals surface area contributed by atoms with Crippen molar-refractivity contribution in [1.29, 1.82) is 0 Å². The zero-order chi connectivity index (χ0) is 13.9. The molecule has 0 spiro atoms. The first-order valence-electron chi connectivity index (χ1n) is 6.68. The average Bonchev–Trinajstić information content (AvgIpc) is 2.48. The van der Waals surface area contributed by atoms with Gasteiger partial charge in [0, 0.05) is 25.2 Å². The van der Waals surface area contributed by atoms with Crippen molar-refractivity contribution >= 4 is 11.8 Å². The number of thioether (sulfide) groups is 1. The van der Waals surface area contributed by atoms with E-state index in [0.29, 0.717) is 5.16 Å². The Morgan fingerprint density at radius 2 is 2.15 bits per heavy atom. The summed E-state index contributed by atoms with van der Waals surface area (Å²) in [6.07, 6.45) is 2.70. The molecule has 1 aliphatic rings. The van der Waals surface area contributed by atoms with Gasteiger partial charge in [-0.3, -0.25) is 9.69 Å². The van der Waals surface area contributed by atoms with E-state index in [2.05, 4.69) is 39.1 Å². The quantitative estimate of drug-likeness (QED) is 0.693. The summed E-state index contributed by atoms with van der Waals surface area (Å²) >= 11 is 1.48. The largest absolute Gasteiger partial charge is 0.301 e. The summed E-state index contributed by atoms with van der Waals surface area (Å²) in [5.74, 6) is 0. The smallest absolute Gasteiger partial charge is 0.255 e. The van der Waals surface area contributed by atoms with E-state index in [0.717, 1.165) is 37.3 Å². The fraction of sp³-hybridized carbons (Fsp3) is 0.333. The molecule has 1 N–H and O–H groups in total. The van der Waals surface area contributed by atoms with Gasteiger partial charge in [-0.05, 0) is 18.2 Å². The SMILES string of the molecule is CSc1nc2c(c(=O)[nH]1)CCN(Cc1ccccc1)C2. The number of rotatable bonds is 3. The van der Waals surface area contributed by atoms with Gasteiger partial charge >= 0.3 is 0 Å². The van der Waals surface area contributed by atoms with Gasteiger partial charge in [-0.15, -0.1) is 0 Å². The van der Waals surface area contributed by atoms with Crippen molar-refractivity contribution < 1.29 is 0 Å². The summed E-state index contributed by atoms with van der Waals surface area (Å²) in [5.41, 5.74) is 3.11. The Bertz CT molecular complexity index is 654. The average molecular weight is 287 g/mol. The van der Waals surface area contributed by atoms with Gasteiger partial charge in [0.1, 0.15) is 0 Å². The molecule has 0 aliphatic carbocycles. The molecular formula is C15H17N3OS. The van der Waals surface area contributed by atoms with Crippen LogP contribution < -0.4 is 5.56 Å². The molecule has 1 aromatic heterocycles. The van der Waals surface area contributed by atoms with Crippen LogP contribution in [0.4, 0.5) is 0 Å². The second-order valence-electron chi connectivity index (χ2n) is 4.95. The van der Waals surface area contributed by atoms with Crippen molar-refractivity contribution in [3.63, 3.8) is 0 Å². The minimum atomic E-state index is 0.0266. The van der Waals surface area contributed by atoms with Gasteiger partial charge < -0.3 is 4.98 Å². The third kappa shape index (κ3) is 2.78. The fourth-order valence-corrected chi connectivity index (χ4v) is 2.94. The summed E-state index contributed by atoms with van der Waals surface area (Å²) in [4.78, 5) is 21.7.